The highest BCUT2D eigenvalue weighted by atomic mass is 35.5. The first-order valence-corrected chi connectivity index (χ1v) is 10.4. The van der Waals surface area contributed by atoms with Gasteiger partial charge in [-0.1, -0.05) is 11.6 Å². The molecule has 1 aliphatic carbocycles. The third kappa shape index (κ3) is 4.57. The van der Waals surface area contributed by atoms with E-state index in [0.29, 0.717) is 42.7 Å². The van der Waals surface area contributed by atoms with E-state index in [1.165, 1.54) is 0 Å². The van der Waals surface area contributed by atoms with Crippen molar-refractivity contribution < 1.29 is 19.0 Å². The number of carbonyl (C=O) groups excluding carboxylic acids is 1. The maximum Gasteiger partial charge on any atom is 0.251 e. The number of benzene rings is 1. The van der Waals surface area contributed by atoms with Crippen molar-refractivity contribution in [2.24, 2.45) is 0 Å². The van der Waals surface area contributed by atoms with Crippen LogP contribution in [0.25, 0.3) is 11.3 Å². The Morgan fingerprint density at radius 2 is 2.14 bits per heavy atom. The third-order valence-electron chi connectivity index (χ3n) is 5.52. The molecule has 0 saturated heterocycles. The number of imidazole rings is 1. The zero-order valence-electron chi connectivity index (χ0n) is 16.5. The molecule has 2 aromatic rings. The van der Waals surface area contributed by atoms with Crippen molar-refractivity contribution in [1.82, 2.24) is 14.9 Å². The molecule has 0 unspecified atom stereocenters. The van der Waals surface area contributed by atoms with Crippen LogP contribution in [-0.4, -0.2) is 54.5 Å². The molecule has 0 atom stereocenters. The molecule has 1 aromatic heterocycles. The molecule has 29 heavy (non-hydrogen) atoms. The number of methoxy groups -OCH3 is 1. The van der Waals surface area contributed by atoms with Crippen molar-refractivity contribution >= 4 is 17.5 Å². The van der Waals surface area contributed by atoms with Crippen LogP contribution in [0.3, 0.4) is 0 Å². The molecule has 1 saturated carbocycles. The fraction of sp³-hybridized carbons (Fsp3) is 0.524. The summed E-state index contributed by atoms with van der Waals surface area (Å²) in [6.45, 7) is 2.43. The molecule has 1 N–H and O–H groups in total. The maximum absolute atomic E-state index is 12.9. The van der Waals surface area contributed by atoms with Crippen molar-refractivity contribution in [2.75, 3.05) is 26.9 Å². The second-order valence-corrected chi connectivity index (χ2v) is 7.87. The molecule has 7 nitrogen and oxygen atoms in total. The van der Waals surface area contributed by atoms with Crippen molar-refractivity contribution in [3.05, 3.63) is 35.2 Å². The van der Waals surface area contributed by atoms with E-state index in [-0.39, 0.29) is 18.1 Å². The highest BCUT2D eigenvalue weighted by Crippen LogP contribution is 2.39. The highest BCUT2D eigenvalue weighted by Gasteiger charge is 2.25. The predicted octanol–water partition coefficient (Wildman–Crippen LogP) is 3.30. The zero-order chi connectivity index (χ0) is 20.2. The number of amides is 1. The molecule has 0 radical (unpaired) electrons. The average Bonchev–Trinajstić information content (AvgIpc) is 3.11. The summed E-state index contributed by atoms with van der Waals surface area (Å²) in [7, 11) is 1.67. The van der Waals surface area contributed by atoms with Crippen LogP contribution in [0, 0.1) is 0 Å². The van der Waals surface area contributed by atoms with E-state index < -0.39 is 0 Å². The van der Waals surface area contributed by atoms with Crippen LogP contribution in [0.2, 0.25) is 5.02 Å². The molecular formula is C21H26ClN3O4. The second-order valence-electron chi connectivity index (χ2n) is 7.47. The summed E-state index contributed by atoms with van der Waals surface area (Å²) in [5.41, 5.74) is 2.24. The van der Waals surface area contributed by atoms with E-state index in [4.69, 9.17) is 25.8 Å². The third-order valence-corrected chi connectivity index (χ3v) is 5.80. The highest BCUT2D eigenvalue weighted by molar-refractivity contribution is 6.33. The van der Waals surface area contributed by atoms with E-state index >= 15 is 0 Å². The Kier molecular flexibility index (Phi) is 6.37. The second kappa shape index (κ2) is 9.15. The van der Waals surface area contributed by atoms with Crippen LogP contribution in [0.5, 0.6) is 5.75 Å². The van der Waals surface area contributed by atoms with Gasteiger partial charge in [0.1, 0.15) is 12.4 Å². The molecule has 1 aliphatic heterocycles. The zero-order valence-corrected chi connectivity index (χ0v) is 17.3. The quantitative estimate of drug-likeness (QED) is 0.727. The Morgan fingerprint density at radius 1 is 1.31 bits per heavy atom. The Balaban J connectivity index is 1.43. The van der Waals surface area contributed by atoms with Crippen molar-refractivity contribution in [3.8, 4) is 17.0 Å². The van der Waals surface area contributed by atoms with E-state index in [1.54, 1.807) is 25.7 Å². The lowest BCUT2D eigenvalue weighted by molar-refractivity contribution is -0.00408. The van der Waals surface area contributed by atoms with Crippen LogP contribution < -0.4 is 10.1 Å². The van der Waals surface area contributed by atoms with E-state index in [2.05, 4.69) is 10.3 Å². The fourth-order valence-corrected chi connectivity index (χ4v) is 4.25. The van der Waals surface area contributed by atoms with E-state index in [0.717, 1.165) is 36.9 Å². The number of hydrogen-bond donors (Lipinski definition) is 1. The fourth-order valence-electron chi connectivity index (χ4n) is 3.97. The molecule has 4 rings (SSSR count). The van der Waals surface area contributed by atoms with Crippen LogP contribution in [0.1, 0.15) is 36.0 Å². The summed E-state index contributed by atoms with van der Waals surface area (Å²) in [4.78, 5) is 17.1. The lowest BCUT2D eigenvalue weighted by Crippen LogP contribution is -2.39. The van der Waals surface area contributed by atoms with Gasteiger partial charge in [0, 0.05) is 24.3 Å². The Bertz CT molecular complexity index is 862. The van der Waals surface area contributed by atoms with Gasteiger partial charge in [0.05, 0.1) is 49.1 Å². The smallest absolute Gasteiger partial charge is 0.251 e. The first-order chi connectivity index (χ1) is 14.2. The topological polar surface area (TPSA) is 74.6 Å². The number of nitrogens with zero attached hydrogens (tertiary/aromatic N) is 2. The number of aromatic nitrogens is 2. The Hall–Kier alpha value is -2.09. The summed E-state index contributed by atoms with van der Waals surface area (Å²) in [6, 6.07) is 3.67. The number of hydrogen-bond acceptors (Lipinski definition) is 5. The summed E-state index contributed by atoms with van der Waals surface area (Å²) >= 11 is 6.46. The minimum absolute atomic E-state index is 0.117. The van der Waals surface area contributed by atoms with Crippen molar-refractivity contribution in [3.63, 3.8) is 0 Å². The molecular weight excluding hydrogens is 394 g/mol. The van der Waals surface area contributed by atoms with Crippen LogP contribution >= 0.6 is 11.6 Å². The molecule has 0 bridgehead atoms. The summed E-state index contributed by atoms with van der Waals surface area (Å²) in [5.74, 6) is 0.491. The largest absolute Gasteiger partial charge is 0.489 e. The lowest BCUT2D eigenvalue weighted by Gasteiger charge is -2.29. The Morgan fingerprint density at radius 3 is 2.93 bits per heavy atom. The predicted molar refractivity (Wildman–Crippen MR) is 110 cm³/mol. The number of nitrogens with one attached hydrogen (secondary N) is 1. The van der Waals surface area contributed by atoms with E-state index in [9.17, 15) is 4.79 Å². The van der Waals surface area contributed by atoms with Gasteiger partial charge in [-0.05, 0) is 37.8 Å². The molecule has 1 aromatic carbocycles. The van der Waals surface area contributed by atoms with Gasteiger partial charge in [-0.2, -0.15) is 0 Å². The number of halogens is 1. The van der Waals surface area contributed by atoms with E-state index in [1.807, 2.05) is 10.6 Å². The van der Waals surface area contributed by atoms with Gasteiger partial charge >= 0.3 is 0 Å². The van der Waals surface area contributed by atoms with Gasteiger partial charge in [0.2, 0.25) is 0 Å². The van der Waals surface area contributed by atoms with Gasteiger partial charge in [-0.25, -0.2) is 4.98 Å². The average molecular weight is 420 g/mol. The monoisotopic (exact) mass is 419 g/mol. The molecule has 1 fully saturated rings. The number of fused-ring (bicyclic) bond motifs is 3. The van der Waals surface area contributed by atoms with Gasteiger partial charge in [0.15, 0.2) is 0 Å². The molecule has 2 aliphatic rings. The Labute approximate surface area is 175 Å². The van der Waals surface area contributed by atoms with Crippen LogP contribution in [0.4, 0.5) is 0 Å². The maximum atomic E-state index is 12.9. The minimum Gasteiger partial charge on any atom is -0.489 e. The number of ether oxygens (including phenoxy) is 3. The van der Waals surface area contributed by atoms with Crippen LogP contribution in [0.15, 0.2) is 24.7 Å². The minimum atomic E-state index is -0.117. The molecule has 0 spiro atoms. The first kappa shape index (κ1) is 20.2. The first-order valence-electron chi connectivity index (χ1n) is 10.0. The summed E-state index contributed by atoms with van der Waals surface area (Å²) in [5, 5.41) is 3.59. The molecule has 2 heterocycles. The number of rotatable bonds is 6. The van der Waals surface area contributed by atoms with Gasteiger partial charge in [-0.3, -0.25) is 4.79 Å². The van der Waals surface area contributed by atoms with Crippen molar-refractivity contribution in [1.29, 1.82) is 0 Å². The van der Waals surface area contributed by atoms with Crippen molar-refractivity contribution in [2.45, 2.75) is 44.4 Å². The van der Waals surface area contributed by atoms with Crippen LogP contribution in [-0.2, 0) is 16.0 Å². The summed E-state index contributed by atoms with van der Waals surface area (Å²) < 4.78 is 18.7. The molecule has 156 valence electrons. The number of carbonyl (C=O) groups is 1. The van der Waals surface area contributed by atoms with Gasteiger partial charge in [-0.15, -0.1) is 0 Å². The van der Waals surface area contributed by atoms with Gasteiger partial charge < -0.3 is 24.1 Å². The normalized spacial score (nSPS) is 20.9. The standard InChI is InChI=1S/C21H26ClN3O4/c1-27-8-9-28-16-4-2-15(3-5-16)24-21(26)14-10-17-19-12-23-13-25(19)6-7-29-20(17)18(22)11-14/h10-13,15-16H,2-9H2,1H3,(H,24,26). The molecule has 1 amide bonds. The summed E-state index contributed by atoms with van der Waals surface area (Å²) in [6.07, 6.45) is 7.46. The lowest BCUT2D eigenvalue weighted by atomic mass is 9.92. The molecule has 8 heteroatoms. The van der Waals surface area contributed by atoms with Gasteiger partial charge in [0.25, 0.3) is 5.91 Å². The SMILES string of the molecule is COCCOC1CCC(NC(=O)c2cc(Cl)c3c(c2)-c2cncn2CCO3)CC1.